The molecule has 0 N–H and O–H groups in total. The fraction of sp³-hybridized carbons (Fsp3) is 0.949. The second kappa shape index (κ2) is 51.8. The molecule has 0 aliphatic carbocycles. The van der Waals surface area contributed by atoms with E-state index in [9.17, 15) is 14.4 Å². The highest BCUT2D eigenvalue weighted by Crippen LogP contribution is 2.19. The average Bonchev–Trinajstić information content (AvgIpc) is 3.29. The molecule has 0 radical (unpaired) electrons. The molecule has 65 heavy (non-hydrogen) atoms. The summed E-state index contributed by atoms with van der Waals surface area (Å²) in [5.74, 6) is 0.903. The summed E-state index contributed by atoms with van der Waals surface area (Å²) in [4.78, 5) is 38.1. The molecule has 0 aromatic rings. The first-order valence-corrected chi connectivity index (χ1v) is 29.3. The van der Waals surface area contributed by atoms with E-state index >= 15 is 0 Å². The molecule has 0 bridgehead atoms. The van der Waals surface area contributed by atoms with Gasteiger partial charge < -0.3 is 14.2 Å². The van der Waals surface area contributed by atoms with E-state index in [0.717, 1.165) is 69.6 Å². The van der Waals surface area contributed by atoms with Crippen molar-refractivity contribution in [3.8, 4) is 0 Å². The van der Waals surface area contributed by atoms with E-state index in [0.29, 0.717) is 19.3 Å². The number of carbonyl (C=O) groups excluding carboxylic acids is 3. The second-order valence-corrected chi connectivity index (χ2v) is 21.0. The van der Waals surface area contributed by atoms with Crippen molar-refractivity contribution in [2.24, 2.45) is 11.8 Å². The molecule has 1 unspecified atom stereocenters. The first kappa shape index (κ1) is 63.4. The first-order chi connectivity index (χ1) is 31.8. The molecule has 0 saturated heterocycles. The van der Waals surface area contributed by atoms with Crippen molar-refractivity contribution in [3.63, 3.8) is 0 Å². The van der Waals surface area contributed by atoms with Gasteiger partial charge in [-0.3, -0.25) is 14.4 Å². The van der Waals surface area contributed by atoms with Crippen molar-refractivity contribution in [3.05, 3.63) is 0 Å². The summed E-state index contributed by atoms with van der Waals surface area (Å²) in [6.45, 7) is 11.4. The Hall–Kier alpha value is -1.59. The summed E-state index contributed by atoms with van der Waals surface area (Å²) in [7, 11) is 0. The molecule has 0 aliphatic heterocycles. The van der Waals surface area contributed by atoms with Gasteiger partial charge in [-0.15, -0.1) is 0 Å². The van der Waals surface area contributed by atoms with Crippen LogP contribution < -0.4 is 0 Å². The highest BCUT2D eigenvalue weighted by molar-refractivity contribution is 5.71. The summed E-state index contributed by atoms with van der Waals surface area (Å²) in [6, 6.07) is 0. The standard InChI is InChI=1S/C59H114O6/c1-6-8-9-10-11-12-29-36-41-46-51-59(62)65-56(53-64-58(61)50-45-40-35-31-26-22-21-23-27-32-37-42-47-54(3)4)52-63-57(60)49-44-39-34-30-25-20-18-16-14-13-15-17-19-24-28-33-38-43-48-55(5)7-2/h54-56H,6-53H2,1-5H3/t55?,56-/m0/s1. The lowest BCUT2D eigenvalue weighted by Crippen LogP contribution is -2.30. The van der Waals surface area contributed by atoms with Crippen molar-refractivity contribution >= 4 is 17.9 Å². The number of ether oxygens (including phenoxy) is 3. The third kappa shape index (κ3) is 51.6. The minimum atomic E-state index is -0.762. The fourth-order valence-corrected chi connectivity index (χ4v) is 9.02. The van der Waals surface area contributed by atoms with E-state index in [2.05, 4.69) is 34.6 Å². The summed E-state index contributed by atoms with van der Waals surface area (Å²) in [5.41, 5.74) is 0. The number of esters is 3. The predicted octanol–water partition coefficient (Wildman–Crippen LogP) is 19.3. The normalized spacial score (nSPS) is 12.5. The molecule has 0 spiro atoms. The third-order valence-electron chi connectivity index (χ3n) is 13.8. The van der Waals surface area contributed by atoms with Crippen LogP contribution in [0.25, 0.3) is 0 Å². The van der Waals surface area contributed by atoms with Crippen LogP contribution in [0.4, 0.5) is 0 Å². The molecule has 6 nitrogen and oxygen atoms in total. The largest absolute Gasteiger partial charge is 0.462 e. The van der Waals surface area contributed by atoms with E-state index in [4.69, 9.17) is 14.2 Å². The lowest BCUT2D eigenvalue weighted by Gasteiger charge is -2.18. The number of rotatable bonds is 53. The molecule has 0 heterocycles. The van der Waals surface area contributed by atoms with Gasteiger partial charge in [0.05, 0.1) is 0 Å². The van der Waals surface area contributed by atoms with E-state index < -0.39 is 6.10 Å². The maximum absolute atomic E-state index is 12.8. The summed E-state index contributed by atoms with van der Waals surface area (Å²) >= 11 is 0. The Morgan fingerprint density at radius 2 is 0.585 bits per heavy atom. The van der Waals surface area contributed by atoms with Gasteiger partial charge in [-0.05, 0) is 31.1 Å². The van der Waals surface area contributed by atoms with Crippen molar-refractivity contribution in [2.75, 3.05) is 13.2 Å². The number of hydrogen-bond donors (Lipinski definition) is 0. The van der Waals surface area contributed by atoms with E-state index in [1.807, 2.05) is 0 Å². The van der Waals surface area contributed by atoms with E-state index in [-0.39, 0.29) is 31.1 Å². The molecule has 0 amide bonds. The SMILES string of the molecule is CCCCCCCCCCCCC(=O)O[C@@H](COC(=O)CCCCCCCCCCCCCCCCCCCCC(C)CC)COC(=O)CCCCCCCCCCCCCCC(C)C. The Labute approximate surface area is 406 Å². The minimum Gasteiger partial charge on any atom is -0.462 e. The molecule has 0 aromatic heterocycles. The van der Waals surface area contributed by atoms with Gasteiger partial charge >= 0.3 is 17.9 Å². The van der Waals surface area contributed by atoms with Gasteiger partial charge in [-0.1, -0.05) is 291 Å². The Bertz CT molecular complexity index is 995. The van der Waals surface area contributed by atoms with Crippen LogP contribution in [-0.4, -0.2) is 37.2 Å². The minimum absolute atomic E-state index is 0.0627. The number of hydrogen-bond acceptors (Lipinski definition) is 6. The average molecular weight is 920 g/mol. The van der Waals surface area contributed by atoms with Crippen molar-refractivity contribution in [1.29, 1.82) is 0 Å². The van der Waals surface area contributed by atoms with Gasteiger partial charge in [-0.2, -0.15) is 0 Å². The predicted molar refractivity (Wildman–Crippen MR) is 280 cm³/mol. The van der Waals surface area contributed by atoms with Crippen molar-refractivity contribution in [2.45, 2.75) is 336 Å². The molecule has 0 aromatic carbocycles. The molecular weight excluding hydrogens is 805 g/mol. The summed E-state index contributed by atoms with van der Waals surface area (Å²) in [6.07, 6.45) is 55.2. The van der Waals surface area contributed by atoms with E-state index in [1.165, 1.54) is 218 Å². The van der Waals surface area contributed by atoms with Gasteiger partial charge in [0.15, 0.2) is 6.10 Å². The van der Waals surface area contributed by atoms with Crippen LogP contribution in [-0.2, 0) is 28.6 Å². The molecule has 386 valence electrons. The molecule has 2 atom stereocenters. The zero-order chi connectivity index (χ0) is 47.5. The zero-order valence-electron chi connectivity index (χ0n) is 44.6. The molecule has 0 saturated carbocycles. The van der Waals surface area contributed by atoms with Crippen LogP contribution in [0.5, 0.6) is 0 Å². The van der Waals surface area contributed by atoms with Crippen molar-refractivity contribution < 1.29 is 28.6 Å². The van der Waals surface area contributed by atoms with Crippen LogP contribution >= 0.6 is 0 Å². The smallest absolute Gasteiger partial charge is 0.306 e. The Balaban J connectivity index is 4.17. The van der Waals surface area contributed by atoms with Gasteiger partial charge in [0.2, 0.25) is 0 Å². The quantitative estimate of drug-likeness (QED) is 0.0344. The lowest BCUT2D eigenvalue weighted by atomic mass is 9.99. The molecule has 6 heteroatoms. The number of carbonyl (C=O) groups is 3. The zero-order valence-corrected chi connectivity index (χ0v) is 44.6. The van der Waals surface area contributed by atoms with Gasteiger partial charge in [0.1, 0.15) is 13.2 Å². The second-order valence-electron chi connectivity index (χ2n) is 21.0. The Morgan fingerprint density at radius 1 is 0.323 bits per heavy atom. The van der Waals surface area contributed by atoms with Crippen molar-refractivity contribution in [1.82, 2.24) is 0 Å². The molecule has 0 fully saturated rings. The summed E-state index contributed by atoms with van der Waals surface area (Å²) in [5, 5.41) is 0. The molecule has 0 rings (SSSR count). The fourth-order valence-electron chi connectivity index (χ4n) is 9.02. The van der Waals surface area contributed by atoms with Crippen LogP contribution in [0.1, 0.15) is 330 Å². The van der Waals surface area contributed by atoms with Gasteiger partial charge in [-0.25, -0.2) is 0 Å². The first-order valence-electron chi connectivity index (χ1n) is 29.3. The third-order valence-corrected chi connectivity index (χ3v) is 13.8. The van der Waals surface area contributed by atoms with Crippen LogP contribution in [0, 0.1) is 11.8 Å². The van der Waals surface area contributed by atoms with Crippen LogP contribution in [0.15, 0.2) is 0 Å². The number of unbranched alkanes of at least 4 members (excludes halogenated alkanes) is 37. The molecular formula is C59H114O6. The van der Waals surface area contributed by atoms with Crippen LogP contribution in [0.3, 0.4) is 0 Å². The van der Waals surface area contributed by atoms with Crippen LogP contribution in [0.2, 0.25) is 0 Å². The highest BCUT2D eigenvalue weighted by Gasteiger charge is 2.19. The molecule has 0 aliphatic rings. The Morgan fingerprint density at radius 3 is 0.877 bits per heavy atom. The summed E-state index contributed by atoms with van der Waals surface area (Å²) < 4.78 is 16.9. The topological polar surface area (TPSA) is 78.9 Å². The lowest BCUT2D eigenvalue weighted by molar-refractivity contribution is -0.167. The van der Waals surface area contributed by atoms with Gasteiger partial charge in [0, 0.05) is 19.3 Å². The highest BCUT2D eigenvalue weighted by atomic mass is 16.6. The Kier molecular flexibility index (Phi) is 50.5. The van der Waals surface area contributed by atoms with E-state index in [1.54, 1.807) is 0 Å². The van der Waals surface area contributed by atoms with Gasteiger partial charge in [0.25, 0.3) is 0 Å². The maximum atomic E-state index is 12.8. The maximum Gasteiger partial charge on any atom is 0.306 e. The monoisotopic (exact) mass is 919 g/mol.